The van der Waals surface area contributed by atoms with Gasteiger partial charge in [0.2, 0.25) is 6.29 Å². The van der Waals surface area contributed by atoms with Crippen LogP contribution in [0.15, 0.2) is 30.3 Å². The molecule has 1 aliphatic rings. The van der Waals surface area contributed by atoms with Crippen molar-refractivity contribution in [2.24, 2.45) is 0 Å². The molecule has 1 aliphatic heterocycles. The zero-order chi connectivity index (χ0) is 14.7. The van der Waals surface area contributed by atoms with Crippen LogP contribution in [0.3, 0.4) is 0 Å². The first kappa shape index (κ1) is 14.9. The summed E-state index contributed by atoms with van der Waals surface area (Å²) >= 11 is 0. The summed E-state index contributed by atoms with van der Waals surface area (Å²) in [6.07, 6.45) is -7.23. The predicted octanol–water partition coefficient (Wildman–Crippen LogP) is -1.36. The van der Waals surface area contributed by atoms with Gasteiger partial charge in [-0.25, -0.2) is 4.79 Å². The monoisotopic (exact) mass is 284 g/mol. The van der Waals surface area contributed by atoms with Crippen LogP contribution in [-0.4, -0.2) is 63.7 Å². The molecular weight excluding hydrogens is 268 g/mol. The van der Waals surface area contributed by atoms with Crippen molar-refractivity contribution in [3.05, 3.63) is 35.9 Å². The summed E-state index contributed by atoms with van der Waals surface area (Å²) in [4.78, 5) is 11.8. The molecule has 0 aromatic heterocycles. The van der Waals surface area contributed by atoms with E-state index >= 15 is 0 Å². The van der Waals surface area contributed by atoms with E-state index < -0.39 is 43.3 Å². The lowest BCUT2D eigenvalue weighted by Gasteiger charge is -2.39. The minimum atomic E-state index is -1.60. The third-order valence-corrected chi connectivity index (χ3v) is 3.08. The largest absolute Gasteiger partial charge is 0.429 e. The number of ether oxygens (including phenoxy) is 2. The van der Waals surface area contributed by atoms with E-state index in [4.69, 9.17) is 14.6 Å². The number of aliphatic hydroxyl groups is 4. The van der Waals surface area contributed by atoms with E-state index in [2.05, 4.69) is 0 Å². The number of hydrogen-bond acceptors (Lipinski definition) is 7. The van der Waals surface area contributed by atoms with Crippen LogP contribution in [0, 0.1) is 0 Å². The van der Waals surface area contributed by atoms with Gasteiger partial charge in [0, 0.05) is 0 Å². The Hall–Kier alpha value is -1.51. The van der Waals surface area contributed by atoms with Crippen molar-refractivity contribution < 1.29 is 34.7 Å². The number of carbonyl (C=O) groups is 1. The topological polar surface area (TPSA) is 116 Å². The van der Waals surface area contributed by atoms with E-state index in [1.54, 1.807) is 18.2 Å². The summed E-state index contributed by atoms with van der Waals surface area (Å²) < 4.78 is 10.0. The van der Waals surface area contributed by atoms with Crippen molar-refractivity contribution in [2.45, 2.75) is 30.7 Å². The van der Waals surface area contributed by atoms with Crippen LogP contribution in [0.5, 0.6) is 0 Å². The lowest BCUT2D eigenvalue weighted by Crippen LogP contribution is -2.59. The first-order valence-corrected chi connectivity index (χ1v) is 6.11. The SMILES string of the molecule is O=C(OC1O[C@H](CO)[C@@H](O)[C@H](O)[C@H]1O)c1ccccc1. The highest BCUT2D eigenvalue weighted by atomic mass is 16.7. The average Bonchev–Trinajstić information content (AvgIpc) is 2.48. The summed E-state index contributed by atoms with van der Waals surface area (Å²) in [5, 5.41) is 37.9. The van der Waals surface area contributed by atoms with Crippen molar-refractivity contribution in [3.8, 4) is 0 Å². The number of carbonyl (C=O) groups excluding carboxylic acids is 1. The molecule has 0 bridgehead atoms. The minimum Gasteiger partial charge on any atom is -0.429 e. The molecule has 1 fully saturated rings. The van der Waals surface area contributed by atoms with Crippen molar-refractivity contribution in [1.29, 1.82) is 0 Å². The van der Waals surface area contributed by atoms with E-state index in [-0.39, 0.29) is 5.56 Å². The lowest BCUT2D eigenvalue weighted by atomic mass is 9.99. The molecule has 1 unspecified atom stereocenters. The zero-order valence-corrected chi connectivity index (χ0v) is 10.5. The van der Waals surface area contributed by atoms with Gasteiger partial charge in [-0.15, -0.1) is 0 Å². The second-order valence-electron chi connectivity index (χ2n) is 4.47. The predicted molar refractivity (Wildman–Crippen MR) is 65.6 cm³/mol. The second-order valence-corrected chi connectivity index (χ2v) is 4.47. The van der Waals surface area contributed by atoms with E-state index in [1.165, 1.54) is 12.1 Å². The number of esters is 1. The molecule has 0 spiro atoms. The van der Waals surface area contributed by atoms with Crippen LogP contribution < -0.4 is 0 Å². The van der Waals surface area contributed by atoms with Gasteiger partial charge in [-0.05, 0) is 12.1 Å². The molecule has 1 aromatic rings. The smallest absolute Gasteiger partial charge is 0.340 e. The second kappa shape index (κ2) is 6.29. The molecule has 20 heavy (non-hydrogen) atoms. The van der Waals surface area contributed by atoms with Gasteiger partial charge >= 0.3 is 5.97 Å². The summed E-state index contributed by atoms with van der Waals surface area (Å²) in [7, 11) is 0. The maximum atomic E-state index is 11.8. The number of benzene rings is 1. The molecular formula is C13H16O7. The Labute approximate surface area is 115 Å². The Morgan fingerprint density at radius 3 is 2.35 bits per heavy atom. The maximum absolute atomic E-state index is 11.8. The molecule has 1 aromatic carbocycles. The van der Waals surface area contributed by atoms with Crippen LogP contribution in [0.1, 0.15) is 10.4 Å². The average molecular weight is 284 g/mol. The molecule has 0 radical (unpaired) electrons. The van der Waals surface area contributed by atoms with E-state index in [9.17, 15) is 20.1 Å². The van der Waals surface area contributed by atoms with Crippen molar-refractivity contribution in [3.63, 3.8) is 0 Å². The summed E-state index contributed by atoms with van der Waals surface area (Å²) in [6.45, 7) is -0.579. The highest BCUT2D eigenvalue weighted by Crippen LogP contribution is 2.22. The molecule has 7 heteroatoms. The third kappa shape index (κ3) is 2.97. The quantitative estimate of drug-likeness (QED) is 0.507. The summed E-state index contributed by atoms with van der Waals surface area (Å²) in [5.41, 5.74) is 0.254. The standard InChI is InChI=1S/C13H16O7/c14-6-8-9(15)10(16)11(17)13(19-8)20-12(18)7-4-2-1-3-5-7/h1-5,8-11,13-17H,6H2/t8-,9-,10+,11-,13?/m1/s1. The Balaban J connectivity index is 2.06. The highest BCUT2D eigenvalue weighted by Gasteiger charge is 2.45. The zero-order valence-electron chi connectivity index (χ0n) is 10.5. The number of rotatable bonds is 3. The Kier molecular flexibility index (Phi) is 4.69. The molecule has 4 N–H and O–H groups in total. The van der Waals surface area contributed by atoms with Gasteiger partial charge in [0.05, 0.1) is 12.2 Å². The van der Waals surface area contributed by atoms with E-state index in [0.29, 0.717) is 0 Å². The fourth-order valence-corrected chi connectivity index (χ4v) is 1.91. The molecule has 1 saturated heterocycles. The molecule has 0 aliphatic carbocycles. The molecule has 5 atom stereocenters. The Morgan fingerprint density at radius 2 is 1.75 bits per heavy atom. The van der Waals surface area contributed by atoms with Crippen molar-refractivity contribution >= 4 is 5.97 Å². The van der Waals surface area contributed by atoms with E-state index in [1.807, 2.05) is 0 Å². The summed E-state index contributed by atoms with van der Waals surface area (Å²) in [6, 6.07) is 8.05. The van der Waals surface area contributed by atoms with Crippen LogP contribution in [0.4, 0.5) is 0 Å². The molecule has 1 heterocycles. The molecule has 0 saturated carbocycles. The maximum Gasteiger partial charge on any atom is 0.340 e. The van der Waals surface area contributed by atoms with Gasteiger partial charge < -0.3 is 29.9 Å². The Bertz CT molecular complexity index is 447. The van der Waals surface area contributed by atoms with Crippen molar-refractivity contribution in [1.82, 2.24) is 0 Å². The van der Waals surface area contributed by atoms with Gasteiger partial charge in [0.25, 0.3) is 0 Å². The fraction of sp³-hybridized carbons (Fsp3) is 0.462. The summed E-state index contributed by atoms with van der Waals surface area (Å²) in [5.74, 6) is -0.741. The number of hydrogen-bond donors (Lipinski definition) is 4. The molecule has 0 amide bonds. The highest BCUT2D eigenvalue weighted by molar-refractivity contribution is 5.89. The van der Waals surface area contributed by atoms with Crippen LogP contribution >= 0.6 is 0 Å². The normalized spacial score (nSPS) is 33.7. The number of aliphatic hydroxyl groups excluding tert-OH is 4. The van der Waals surface area contributed by atoms with E-state index in [0.717, 1.165) is 0 Å². The van der Waals surface area contributed by atoms with Gasteiger partial charge in [-0.2, -0.15) is 0 Å². The van der Waals surface area contributed by atoms with Crippen molar-refractivity contribution in [2.75, 3.05) is 6.61 Å². The van der Waals surface area contributed by atoms with Gasteiger partial charge in [-0.1, -0.05) is 18.2 Å². The molecule has 110 valence electrons. The fourth-order valence-electron chi connectivity index (χ4n) is 1.91. The lowest BCUT2D eigenvalue weighted by molar-refractivity contribution is -0.285. The van der Waals surface area contributed by atoms with Gasteiger partial charge in [0.1, 0.15) is 24.4 Å². The van der Waals surface area contributed by atoms with Gasteiger partial charge in [0.15, 0.2) is 0 Å². The van der Waals surface area contributed by atoms with Gasteiger partial charge in [-0.3, -0.25) is 0 Å². The minimum absolute atomic E-state index is 0.254. The van der Waals surface area contributed by atoms with Crippen LogP contribution in [-0.2, 0) is 9.47 Å². The first-order chi connectivity index (χ1) is 9.54. The van der Waals surface area contributed by atoms with Crippen LogP contribution in [0.25, 0.3) is 0 Å². The first-order valence-electron chi connectivity index (χ1n) is 6.11. The third-order valence-electron chi connectivity index (χ3n) is 3.08. The molecule has 7 nitrogen and oxygen atoms in total. The van der Waals surface area contributed by atoms with Crippen LogP contribution in [0.2, 0.25) is 0 Å². The Morgan fingerprint density at radius 1 is 1.10 bits per heavy atom. The molecule has 2 rings (SSSR count).